The van der Waals surface area contributed by atoms with Gasteiger partial charge < -0.3 is 30.5 Å². The van der Waals surface area contributed by atoms with Crippen molar-refractivity contribution in [2.45, 2.75) is 65.0 Å². The zero-order chi connectivity index (χ0) is 29.6. The van der Waals surface area contributed by atoms with E-state index in [9.17, 15) is 19.5 Å². The number of carbonyl (C=O) groups excluding carboxylic acids is 3. The molecule has 0 aromatic heterocycles. The second kappa shape index (κ2) is 16.6. The van der Waals surface area contributed by atoms with Gasteiger partial charge in [0, 0.05) is 14.8 Å². The van der Waals surface area contributed by atoms with Crippen molar-refractivity contribution >= 4 is 46.2 Å². The third-order valence-electron chi connectivity index (χ3n) is 6.25. The lowest BCUT2D eigenvalue weighted by molar-refractivity contribution is -0.128. The van der Waals surface area contributed by atoms with Gasteiger partial charge in [0.2, 0.25) is 11.8 Å². The number of anilines is 1. The van der Waals surface area contributed by atoms with Crippen LogP contribution in [0.2, 0.25) is 0 Å². The summed E-state index contributed by atoms with van der Waals surface area (Å²) in [5.41, 5.74) is 3.02. The minimum absolute atomic E-state index is 0.0892. The Labute approximate surface area is 254 Å². The van der Waals surface area contributed by atoms with Gasteiger partial charge in [-0.2, -0.15) is 0 Å². The molecule has 0 saturated heterocycles. The number of benzene rings is 3. The molecule has 3 rings (SSSR count). The van der Waals surface area contributed by atoms with Gasteiger partial charge in [0.1, 0.15) is 31.0 Å². The second-order valence-electron chi connectivity index (χ2n) is 9.40. The van der Waals surface area contributed by atoms with Crippen LogP contribution in [-0.4, -0.2) is 35.1 Å². The van der Waals surface area contributed by atoms with Crippen LogP contribution in [0.25, 0.3) is 0 Å². The molecule has 3 aromatic rings. The van der Waals surface area contributed by atoms with Crippen LogP contribution >= 0.6 is 22.6 Å². The number of alkyl carbamates (subject to hydrolysis) is 1. The molecule has 0 bridgehead atoms. The molecule has 218 valence electrons. The predicted molar refractivity (Wildman–Crippen MR) is 165 cm³/mol. The molecule has 3 amide bonds. The SMILES string of the molecule is CCC[C@H](NC(=O)C(CC)NC(=O)OCc1ccccc1)C(=O)Nc1ccc(COc2ccc(I)cc2CO)cc1. The molecule has 0 saturated carbocycles. The topological polar surface area (TPSA) is 126 Å². The minimum Gasteiger partial charge on any atom is -0.489 e. The highest BCUT2D eigenvalue weighted by Gasteiger charge is 2.26. The van der Waals surface area contributed by atoms with E-state index in [-0.39, 0.29) is 19.1 Å². The van der Waals surface area contributed by atoms with Gasteiger partial charge in [0.15, 0.2) is 0 Å². The van der Waals surface area contributed by atoms with Crippen LogP contribution in [0.5, 0.6) is 5.75 Å². The van der Waals surface area contributed by atoms with E-state index in [2.05, 4.69) is 38.5 Å². The molecule has 0 aliphatic rings. The fraction of sp³-hybridized carbons (Fsp3) is 0.323. The van der Waals surface area contributed by atoms with Gasteiger partial charge in [-0.3, -0.25) is 9.59 Å². The first-order valence-corrected chi connectivity index (χ1v) is 14.6. The van der Waals surface area contributed by atoms with E-state index in [4.69, 9.17) is 9.47 Å². The standard InChI is InChI=1S/C31H36IN3O6/c1-3-8-27(34-29(37)26(4-2)35-31(39)41-20-21-9-6-5-7-10-21)30(38)33-25-14-11-22(12-15-25)19-40-28-16-13-24(32)17-23(28)18-36/h5-7,9-17,26-27,36H,3-4,8,18-20H2,1-2H3,(H,33,38)(H,34,37)(H,35,39)/t26?,27-/m0/s1. The number of hydrogen-bond donors (Lipinski definition) is 4. The Morgan fingerprint density at radius 3 is 2.22 bits per heavy atom. The summed E-state index contributed by atoms with van der Waals surface area (Å²) in [6.45, 7) is 3.97. The van der Waals surface area contributed by atoms with Crippen molar-refractivity contribution in [3.05, 3.63) is 93.1 Å². The van der Waals surface area contributed by atoms with Crippen molar-refractivity contribution in [1.29, 1.82) is 0 Å². The Bertz CT molecular complexity index is 1290. The van der Waals surface area contributed by atoms with E-state index in [1.807, 2.05) is 67.6 Å². The molecule has 41 heavy (non-hydrogen) atoms. The highest BCUT2D eigenvalue weighted by Crippen LogP contribution is 2.23. The van der Waals surface area contributed by atoms with Crippen LogP contribution in [-0.2, 0) is 34.1 Å². The molecule has 0 spiro atoms. The maximum absolute atomic E-state index is 13.0. The Hall–Kier alpha value is -3.64. The van der Waals surface area contributed by atoms with Gasteiger partial charge >= 0.3 is 6.09 Å². The van der Waals surface area contributed by atoms with Crippen LogP contribution < -0.4 is 20.7 Å². The average Bonchev–Trinajstić information content (AvgIpc) is 2.99. The monoisotopic (exact) mass is 673 g/mol. The molecule has 0 fully saturated rings. The summed E-state index contributed by atoms with van der Waals surface area (Å²) < 4.78 is 12.1. The summed E-state index contributed by atoms with van der Waals surface area (Å²) in [6, 6.07) is 20.5. The smallest absolute Gasteiger partial charge is 0.408 e. The quantitative estimate of drug-likeness (QED) is 0.173. The Morgan fingerprint density at radius 1 is 0.854 bits per heavy atom. The zero-order valence-corrected chi connectivity index (χ0v) is 25.3. The lowest BCUT2D eigenvalue weighted by Crippen LogP contribution is -2.52. The number of ether oxygens (including phenoxy) is 2. The number of nitrogens with one attached hydrogen (secondary N) is 3. The van der Waals surface area contributed by atoms with Gasteiger partial charge in [-0.25, -0.2) is 4.79 Å². The first-order chi connectivity index (χ1) is 19.8. The molecule has 3 aromatic carbocycles. The summed E-state index contributed by atoms with van der Waals surface area (Å²) >= 11 is 2.18. The van der Waals surface area contributed by atoms with E-state index >= 15 is 0 Å². The first-order valence-electron chi connectivity index (χ1n) is 13.5. The van der Waals surface area contributed by atoms with Gasteiger partial charge in [0.05, 0.1) is 6.61 Å². The fourth-order valence-electron chi connectivity index (χ4n) is 3.98. The highest BCUT2D eigenvalue weighted by atomic mass is 127. The number of halogens is 1. The lowest BCUT2D eigenvalue weighted by atomic mass is 10.1. The average molecular weight is 674 g/mol. The molecule has 0 aliphatic carbocycles. The molecule has 2 atom stereocenters. The molecule has 0 radical (unpaired) electrons. The van der Waals surface area contributed by atoms with Crippen LogP contribution in [0.4, 0.5) is 10.5 Å². The maximum Gasteiger partial charge on any atom is 0.408 e. The summed E-state index contributed by atoms with van der Waals surface area (Å²) in [4.78, 5) is 38.2. The molecule has 0 aliphatic heterocycles. The molecule has 4 N–H and O–H groups in total. The third kappa shape index (κ3) is 10.4. The van der Waals surface area contributed by atoms with Crippen LogP contribution in [0.15, 0.2) is 72.8 Å². The molecule has 10 heteroatoms. The Balaban J connectivity index is 1.52. The minimum atomic E-state index is -0.843. The third-order valence-corrected chi connectivity index (χ3v) is 6.92. The van der Waals surface area contributed by atoms with E-state index in [0.29, 0.717) is 37.3 Å². The molecular formula is C31H36IN3O6. The van der Waals surface area contributed by atoms with Crippen molar-refractivity contribution < 1.29 is 29.0 Å². The van der Waals surface area contributed by atoms with Crippen molar-refractivity contribution in [3.63, 3.8) is 0 Å². The van der Waals surface area contributed by atoms with E-state index in [1.54, 1.807) is 19.1 Å². The summed E-state index contributed by atoms with van der Waals surface area (Å²) in [6.07, 6.45) is 0.734. The molecule has 9 nitrogen and oxygen atoms in total. The van der Waals surface area contributed by atoms with E-state index in [0.717, 1.165) is 20.3 Å². The fourth-order valence-corrected chi connectivity index (χ4v) is 4.53. The number of rotatable bonds is 14. The van der Waals surface area contributed by atoms with Crippen LogP contribution in [0.1, 0.15) is 49.8 Å². The van der Waals surface area contributed by atoms with Crippen molar-refractivity contribution in [2.24, 2.45) is 0 Å². The molecule has 1 unspecified atom stereocenters. The van der Waals surface area contributed by atoms with Crippen LogP contribution in [0, 0.1) is 3.57 Å². The van der Waals surface area contributed by atoms with Crippen molar-refractivity contribution in [3.8, 4) is 5.75 Å². The highest BCUT2D eigenvalue weighted by molar-refractivity contribution is 14.1. The lowest BCUT2D eigenvalue weighted by Gasteiger charge is -2.22. The molecule has 0 heterocycles. The summed E-state index contributed by atoms with van der Waals surface area (Å²) in [5, 5.41) is 17.8. The summed E-state index contributed by atoms with van der Waals surface area (Å²) in [5.74, 6) is -0.187. The largest absolute Gasteiger partial charge is 0.489 e. The predicted octanol–water partition coefficient (Wildman–Crippen LogP) is 5.29. The number of aliphatic hydroxyl groups is 1. The van der Waals surface area contributed by atoms with Crippen molar-refractivity contribution in [2.75, 3.05) is 5.32 Å². The summed E-state index contributed by atoms with van der Waals surface area (Å²) in [7, 11) is 0. The van der Waals surface area contributed by atoms with Crippen LogP contribution in [0.3, 0.4) is 0 Å². The zero-order valence-electron chi connectivity index (χ0n) is 23.2. The van der Waals surface area contributed by atoms with E-state index in [1.165, 1.54) is 0 Å². The molecular weight excluding hydrogens is 637 g/mol. The number of hydrogen-bond acceptors (Lipinski definition) is 6. The Kier molecular flexibility index (Phi) is 12.9. The number of carbonyl (C=O) groups is 3. The number of amides is 3. The van der Waals surface area contributed by atoms with Gasteiger partial charge in [-0.05, 0) is 76.9 Å². The second-order valence-corrected chi connectivity index (χ2v) is 10.6. The maximum atomic E-state index is 13.0. The van der Waals surface area contributed by atoms with Gasteiger partial charge in [-0.1, -0.05) is 62.7 Å². The van der Waals surface area contributed by atoms with Gasteiger partial charge in [0.25, 0.3) is 0 Å². The first kappa shape index (κ1) is 31.9. The Morgan fingerprint density at radius 2 is 1.56 bits per heavy atom. The van der Waals surface area contributed by atoms with Gasteiger partial charge in [-0.15, -0.1) is 0 Å². The van der Waals surface area contributed by atoms with Crippen molar-refractivity contribution in [1.82, 2.24) is 10.6 Å². The normalized spacial score (nSPS) is 12.1. The number of aliphatic hydroxyl groups excluding tert-OH is 1. The van der Waals surface area contributed by atoms with E-state index < -0.39 is 24.1 Å².